The minimum absolute atomic E-state index is 0.0330. The molecule has 0 heterocycles. The number of hydrogen-bond donors (Lipinski definition) is 1. The number of amides is 1. The summed E-state index contributed by atoms with van der Waals surface area (Å²) >= 11 is 1.73. The molecule has 0 fully saturated rings. The van der Waals surface area contributed by atoms with Crippen LogP contribution in [0.5, 0.6) is 0 Å². The van der Waals surface area contributed by atoms with Crippen molar-refractivity contribution in [2.45, 2.75) is 54.1 Å². The molecule has 17 heavy (non-hydrogen) atoms. The Hall–Kier alpha value is 0.160. The summed E-state index contributed by atoms with van der Waals surface area (Å²) in [6, 6.07) is 0. The van der Waals surface area contributed by atoms with Crippen LogP contribution in [0.4, 0.5) is 4.79 Å². The van der Waals surface area contributed by atoms with Crippen molar-refractivity contribution in [3.63, 3.8) is 0 Å². The molecule has 0 aromatic carbocycles. The predicted octanol–water partition coefficient (Wildman–Crippen LogP) is 4.00. The minimum Gasteiger partial charge on any atom is -0.376 e. The Morgan fingerprint density at radius 1 is 1.24 bits per heavy atom. The van der Waals surface area contributed by atoms with Crippen LogP contribution in [0.2, 0.25) is 0 Å². The van der Waals surface area contributed by atoms with Gasteiger partial charge >= 0.3 is 0 Å². The highest BCUT2D eigenvalue weighted by atomic mass is 127. The first-order valence-corrected chi connectivity index (χ1v) is 7.15. The van der Waals surface area contributed by atoms with Crippen molar-refractivity contribution < 1.29 is 9.53 Å². The number of carbonyl (C=O) groups excluding carboxylic acids is 1. The second-order valence-electron chi connectivity index (χ2n) is 6.69. The maximum absolute atomic E-state index is 10.7. The van der Waals surface area contributed by atoms with Gasteiger partial charge in [-0.25, -0.2) is 0 Å². The molecule has 0 radical (unpaired) electrons. The average molecular weight is 355 g/mol. The van der Waals surface area contributed by atoms with E-state index in [0.29, 0.717) is 13.2 Å². The first-order chi connectivity index (χ1) is 7.52. The number of rotatable bonds is 5. The molecule has 0 aliphatic rings. The zero-order valence-electron chi connectivity index (χ0n) is 11.9. The Kier molecular flexibility index (Phi) is 6.99. The van der Waals surface area contributed by atoms with Crippen LogP contribution >= 0.6 is 22.6 Å². The highest BCUT2D eigenvalue weighted by Gasteiger charge is 2.29. The summed E-state index contributed by atoms with van der Waals surface area (Å²) in [7, 11) is 0. The van der Waals surface area contributed by atoms with Crippen molar-refractivity contribution in [3.05, 3.63) is 0 Å². The summed E-state index contributed by atoms with van der Waals surface area (Å²) < 4.78 is 5.88. The van der Waals surface area contributed by atoms with E-state index in [1.165, 1.54) is 0 Å². The second-order valence-corrected chi connectivity index (χ2v) is 7.67. The molecule has 0 aromatic rings. The van der Waals surface area contributed by atoms with Crippen LogP contribution in [0, 0.1) is 10.8 Å². The van der Waals surface area contributed by atoms with Gasteiger partial charge in [0.2, 0.25) is 0 Å². The molecule has 0 saturated carbocycles. The Morgan fingerprint density at radius 3 is 2.12 bits per heavy atom. The molecule has 1 N–H and O–H groups in total. The van der Waals surface area contributed by atoms with Gasteiger partial charge in [-0.15, -0.1) is 0 Å². The molecule has 1 unspecified atom stereocenters. The maximum atomic E-state index is 10.7. The Labute approximate surface area is 119 Å². The standard InChI is InChI=1S/C13H26INO2/c1-12(2,3)9-10(13(4,5)6)17-8-7-15-11(14)16/h10H,7-9H2,1-6H3,(H,15,16). The molecule has 1 amide bonds. The SMILES string of the molecule is CC(C)(C)CC(OCCNC(=O)I)C(C)(C)C. The zero-order valence-corrected chi connectivity index (χ0v) is 14.1. The number of carbonyl (C=O) groups is 1. The molecule has 0 aliphatic carbocycles. The summed E-state index contributed by atoms with van der Waals surface area (Å²) in [5, 5.41) is 2.74. The van der Waals surface area contributed by atoms with E-state index in [4.69, 9.17) is 4.74 Å². The van der Waals surface area contributed by atoms with Crippen LogP contribution in [0.3, 0.4) is 0 Å². The molecule has 0 aliphatic heterocycles. The molecule has 0 saturated heterocycles. The van der Waals surface area contributed by atoms with Crippen LogP contribution < -0.4 is 5.32 Å². The van der Waals surface area contributed by atoms with Gasteiger partial charge in [0.1, 0.15) is 0 Å². The lowest BCUT2D eigenvalue weighted by Gasteiger charge is -2.35. The summed E-state index contributed by atoms with van der Waals surface area (Å²) in [5.41, 5.74) is 0.381. The fourth-order valence-electron chi connectivity index (χ4n) is 1.52. The first-order valence-electron chi connectivity index (χ1n) is 6.07. The zero-order chi connectivity index (χ0) is 13.7. The van der Waals surface area contributed by atoms with Gasteiger partial charge in [-0.3, -0.25) is 4.79 Å². The van der Waals surface area contributed by atoms with Crippen LogP contribution in [-0.4, -0.2) is 23.2 Å². The monoisotopic (exact) mass is 355 g/mol. The van der Waals surface area contributed by atoms with E-state index in [0.717, 1.165) is 6.42 Å². The van der Waals surface area contributed by atoms with Crippen molar-refractivity contribution >= 4 is 26.5 Å². The third-order valence-electron chi connectivity index (χ3n) is 2.45. The molecule has 0 bridgehead atoms. The van der Waals surface area contributed by atoms with E-state index < -0.39 is 0 Å². The fourth-order valence-corrected chi connectivity index (χ4v) is 1.79. The predicted molar refractivity (Wildman–Crippen MR) is 80.7 cm³/mol. The van der Waals surface area contributed by atoms with Gasteiger partial charge in [0.15, 0.2) is 0 Å². The molecule has 1 atom stereocenters. The average Bonchev–Trinajstić information content (AvgIpc) is 2.06. The van der Waals surface area contributed by atoms with Crippen LogP contribution in [0.1, 0.15) is 48.0 Å². The third-order valence-corrected chi connectivity index (χ3v) is 2.83. The summed E-state index contributed by atoms with van der Waals surface area (Å²) in [4.78, 5) is 10.7. The summed E-state index contributed by atoms with van der Waals surface area (Å²) in [6.45, 7) is 14.4. The Bertz CT molecular complexity index is 241. The second kappa shape index (κ2) is 6.92. The topological polar surface area (TPSA) is 38.3 Å². The summed E-state index contributed by atoms with van der Waals surface area (Å²) in [5.74, 6) is 0. The van der Waals surface area contributed by atoms with Crippen molar-refractivity contribution in [1.82, 2.24) is 5.32 Å². The molecule has 0 rings (SSSR count). The maximum Gasteiger partial charge on any atom is 0.280 e. The van der Waals surface area contributed by atoms with Crippen molar-refractivity contribution in [3.8, 4) is 0 Å². The van der Waals surface area contributed by atoms with Gasteiger partial charge in [0.25, 0.3) is 3.91 Å². The van der Waals surface area contributed by atoms with E-state index >= 15 is 0 Å². The Morgan fingerprint density at radius 2 is 1.76 bits per heavy atom. The highest BCUT2D eigenvalue weighted by Crippen LogP contribution is 2.32. The molecule has 0 spiro atoms. The smallest absolute Gasteiger partial charge is 0.280 e. The van der Waals surface area contributed by atoms with E-state index in [1.807, 2.05) is 0 Å². The molecular formula is C13H26INO2. The molecule has 102 valence electrons. The number of hydrogen-bond acceptors (Lipinski definition) is 2. The molecular weight excluding hydrogens is 329 g/mol. The number of ether oxygens (including phenoxy) is 1. The van der Waals surface area contributed by atoms with Gasteiger partial charge in [0, 0.05) is 29.1 Å². The third kappa shape index (κ3) is 9.83. The van der Waals surface area contributed by atoms with Crippen LogP contribution in [0.15, 0.2) is 0 Å². The van der Waals surface area contributed by atoms with Gasteiger partial charge < -0.3 is 10.1 Å². The van der Waals surface area contributed by atoms with Gasteiger partial charge in [-0.1, -0.05) is 41.5 Å². The number of halogens is 1. The van der Waals surface area contributed by atoms with E-state index in [9.17, 15) is 4.79 Å². The van der Waals surface area contributed by atoms with Crippen LogP contribution in [-0.2, 0) is 4.74 Å². The normalized spacial score (nSPS) is 14.5. The molecule has 3 nitrogen and oxygen atoms in total. The highest BCUT2D eigenvalue weighted by molar-refractivity contribution is 14.1. The lowest BCUT2D eigenvalue weighted by atomic mass is 9.78. The van der Waals surface area contributed by atoms with Crippen molar-refractivity contribution in [1.29, 1.82) is 0 Å². The first kappa shape index (κ1) is 17.2. The molecule has 4 heteroatoms. The lowest BCUT2D eigenvalue weighted by molar-refractivity contribution is -0.0380. The van der Waals surface area contributed by atoms with Crippen molar-refractivity contribution in [2.75, 3.05) is 13.2 Å². The van der Waals surface area contributed by atoms with E-state index in [-0.39, 0.29) is 20.8 Å². The van der Waals surface area contributed by atoms with Gasteiger partial charge in [0.05, 0.1) is 12.7 Å². The van der Waals surface area contributed by atoms with Crippen molar-refractivity contribution in [2.24, 2.45) is 10.8 Å². The quantitative estimate of drug-likeness (QED) is 0.350. The molecule has 0 aromatic heterocycles. The number of nitrogens with one attached hydrogen (secondary N) is 1. The Balaban J connectivity index is 4.18. The van der Waals surface area contributed by atoms with Gasteiger partial charge in [-0.2, -0.15) is 0 Å². The fraction of sp³-hybridized carbons (Fsp3) is 0.923. The summed E-state index contributed by atoms with van der Waals surface area (Å²) in [6.07, 6.45) is 1.24. The van der Waals surface area contributed by atoms with E-state index in [1.54, 1.807) is 22.6 Å². The largest absolute Gasteiger partial charge is 0.376 e. The minimum atomic E-state index is -0.0330. The van der Waals surface area contributed by atoms with Crippen LogP contribution in [0.25, 0.3) is 0 Å². The van der Waals surface area contributed by atoms with Gasteiger partial charge in [-0.05, 0) is 17.3 Å². The lowest BCUT2D eigenvalue weighted by Crippen LogP contribution is -2.35. The van der Waals surface area contributed by atoms with E-state index in [2.05, 4.69) is 46.9 Å².